The number of carbonyl (C=O) groups excluding carboxylic acids is 3. The summed E-state index contributed by atoms with van der Waals surface area (Å²) in [6.07, 6.45) is -0.801. The number of carbonyl (C=O) groups is 3. The Morgan fingerprint density at radius 3 is 2.43 bits per heavy atom. The van der Waals surface area contributed by atoms with Crippen LogP contribution in [-0.4, -0.2) is 31.1 Å². The molecular weight excluding hydrogens is 300 g/mol. The Bertz CT molecular complexity index is 605. The maximum Gasteiger partial charge on any atom is 0.352 e. The van der Waals surface area contributed by atoms with E-state index in [1.807, 2.05) is 0 Å². The zero-order chi connectivity index (χ0) is 17.4. The van der Waals surface area contributed by atoms with E-state index in [1.165, 1.54) is 14.0 Å². The monoisotopic (exact) mass is 320 g/mol. The zero-order valence-corrected chi connectivity index (χ0v) is 13.5. The van der Waals surface area contributed by atoms with Crippen molar-refractivity contribution >= 4 is 17.9 Å². The molecule has 0 spiro atoms. The highest BCUT2D eigenvalue weighted by atomic mass is 16.6. The number of para-hydroxylation sites is 1. The fraction of sp³-hybridized carbons (Fsp3) is 0.353. The Hall–Kier alpha value is -2.63. The Kier molecular flexibility index (Phi) is 6.99. The molecule has 0 aliphatic heterocycles. The van der Waals surface area contributed by atoms with Crippen molar-refractivity contribution in [2.24, 2.45) is 0 Å². The number of rotatable bonds is 7. The molecule has 1 aromatic rings. The van der Waals surface area contributed by atoms with Crippen LogP contribution in [0.25, 0.3) is 0 Å². The Balaban J connectivity index is 2.85. The minimum atomic E-state index is -1.04. The number of esters is 3. The molecule has 1 atom stereocenters. The minimum Gasteiger partial charge on any atom is -0.469 e. The highest BCUT2D eigenvalue weighted by molar-refractivity contribution is 5.89. The van der Waals surface area contributed by atoms with E-state index >= 15 is 0 Å². The van der Waals surface area contributed by atoms with E-state index in [1.54, 1.807) is 31.2 Å². The highest BCUT2D eigenvalue weighted by Crippen LogP contribution is 2.20. The molecule has 6 nitrogen and oxygen atoms in total. The summed E-state index contributed by atoms with van der Waals surface area (Å²) in [5.74, 6) is -1.59. The lowest BCUT2D eigenvalue weighted by Crippen LogP contribution is -2.31. The summed E-state index contributed by atoms with van der Waals surface area (Å²) in [5, 5.41) is 0. The van der Waals surface area contributed by atoms with Crippen molar-refractivity contribution in [3.8, 4) is 5.75 Å². The van der Waals surface area contributed by atoms with E-state index in [-0.39, 0.29) is 24.2 Å². The lowest BCUT2D eigenvalue weighted by Gasteiger charge is -2.16. The first-order valence-electron chi connectivity index (χ1n) is 7.11. The van der Waals surface area contributed by atoms with Gasteiger partial charge in [-0.2, -0.15) is 0 Å². The van der Waals surface area contributed by atoms with Crippen molar-refractivity contribution in [3.05, 3.63) is 42.0 Å². The third kappa shape index (κ3) is 5.58. The summed E-state index contributed by atoms with van der Waals surface area (Å²) >= 11 is 0. The molecule has 6 heteroatoms. The largest absolute Gasteiger partial charge is 0.469 e. The molecule has 23 heavy (non-hydrogen) atoms. The third-order valence-electron chi connectivity index (χ3n) is 2.98. The molecule has 0 saturated carbocycles. The first-order chi connectivity index (χ1) is 10.9. The molecule has 0 bridgehead atoms. The number of methoxy groups -OCH3 is 1. The van der Waals surface area contributed by atoms with Crippen LogP contribution in [0.3, 0.4) is 0 Å². The van der Waals surface area contributed by atoms with Gasteiger partial charge in [-0.1, -0.05) is 31.7 Å². The lowest BCUT2D eigenvalue weighted by molar-refractivity contribution is -0.159. The molecule has 0 N–H and O–H groups in total. The highest BCUT2D eigenvalue weighted by Gasteiger charge is 2.24. The molecule has 1 rings (SSSR count). The predicted octanol–water partition coefficient (Wildman–Crippen LogP) is 2.21. The van der Waals surface area contributed by atoms with E-state index < -0.39 is 24.0 Å². The first-order valence-corrected chi connectivity index (χ1v) is 7.11. The second-order valence-electron chi connectivity index (χ2n) is 4.86. The predicted molar refractivity (Wildman–Crippen MR) is 82.8 cm³/mol. The van der Waals surface area contributed by atoms with E-state index in [2.05, 4.69) is 11.3 Å². The van der Waals surface area contributed by atoms with Crippen LogP contribution in [-0.2, 0) is 30.3 Å². The summed E-state index contributed by atoms with van der Waals surface area (Å²) in [7, 11) is 1.28. The zero-order valence-electron chi connectivity index (χ0n) is 13.5. The summed E-state index contributed by atoms with van der Waals surface area (Å²) in [6.45, 7) is 6.65. The van der Waals surface area contributed by atoms with Crippen molar-refractivity contribution in [1.29, 1.82) is 0 Å². The third-order valence-corrected chi connectivity index (χ3v) is 2.98. The molecule has 0 aliphatic carbocycles. The molecule has 1 unspecified atom stereocenters. The number of benzene rings is 1. The molecular formula is C17H20O6. The molecule has 0 aliphatic rings. The van der Waals surface area contributed by atoms with Gasteiger partial charge in [-0.15, -0.1) is 0 Å². The Morgan fingerprint density at radius 1 is 1.22 bits per heavy atom. The van der Waals surface area contributed by atoms with E-state index in [4.69, 9.17) is 9.47 Å². The van der Waals surface area contributed by atoms with Crippen molar-refractivity contribution in [3.63, 3.8) is 0 Å². The summed E-state index contributed by atoms with van der Waals surface area (Å²) in [4.78, 5) is 35.1. The van der Waals surface area contributed by atoms with Gasteiger partial charge >= 0.3 is 17.9 Å². The van der Waals surface area contributed by atoms with E-state index in [0.29, 0.717) is 5.56 Å². The quantitative estimate of drug-likeness (QED) is 0.435. The fourth-order valence-electron chi connectivity index (χ4n) is 1.68. The molecule has 124 valence electrons. The van der Waals surface area contributed by atoms with Gasteiger partial charge in [0.2, 0.25) is 0 Å². The summed E-state index contributed by atoms with van der Waals surface area (Å²) < 4.78 is 14.9. The van der Waals surface area contributed by atoms with Gasteiger partial charge in [0.15, 0.2) is 6.10 Å². The van der Waals surface area contributed by atoms with Gasteiger partial charge in [-0.3, -0.25) is 4.79 Å². The van der Waals surface area contributed by atoms with Gasteiger partial charge < -0.3 is 14.2 Å². The van der Waals surface area contributed by atoms with Gasteiger partial charge in [0.05, 0.1) is 13.5 Å². The number of hydrogen-bond acceptors (Lipinski definition) is 6. The van der Waals surface area contributed by atoms with Crippen LogP contribution in [0.2, 0.25) is 0 Å². The van der Waals surface area contributed by atoms with Gasteiger partial charge in [0.1, 0.15) is 5.75 Å². The minimum absolute atomic E-state index is 0.0255. The molecule has 0 amide bonds. The SMILES string of the molecule is C=C(C)C(=O)OC(CC)C(=O)Oc1ccccc1CC(=O)OC. The molecule has 0 radical (unpaired) electrons. The van der Waals surface area contributed by atoms with Crippen molar-refractivity contribution in [2.75, 3.05) is 7.11 Å². The van der Waals surface area contributed by atoms with Crippen LogP contribution < -0.4 is 4.74 Å². The second kappa shape index (κ2) is 8.73. The van der Waals surface area contributed by atoms with Crippen molar-refractivity contribution in [2.45, 2.75) is 32.8 Å². The Morgan fingerprint density at radius 2 is 1.87 bits per heavy atom. The van der Waals surface area contributed by atoms with Crippen LogP contribution in [0.1, 0.15) is 25.8 Å². The molecule has 0 fully saturated rings. The topological polar surface area (TPSA) is 78.9 Å². The van der Waals surface area contributed by atoms with Gasteiger partial charge in [0, 0.05) is 11.1 Å². The first kappa shape index (κ1) is 18.4. The normalized spacial score (nSPS) is 11.3. The van der Waals surface area contributed by atoms with Crippen LogP contribution in [0.15, 0.2) is 36.4 Å². The number of hydrogen-bond donors (Lipinski definition) is 0. The maximum absolute atomic E-state index is 12.2. The van der Waals surface area contributed by atoms with E-state index in [0.717, 1.165) is 0 Å². The van der Waals surface area contributed by atoms with Crippen LogP contribution in [0.4, 0.5) is 0 Å². The van der Waals surface area contributed by atoms with Crippen LogP contribution in [0.5, 0.6) is 5.75 Å². The van der Waals surface area contributed by atoms with Crippen molar-refractivity contribution < 1.29 is 28.6 Å². The van der Waals surface area contributed by atoms with Gasteiger partial charge in [-0.25, -0.2) is 9.59 Å². The molecule has 1 aromatic carbocycles. The second-order valence-corrected chi connectivity index (χ2v) is 4.86. The van der Waals surface area contributed by atoms with Crippen LogP contribution in [0, 0.1) is 0 Å². The van der Waals surface area contributed by atoms with E-state index in [9.17, 15) is 14.4 Å². The van der Waals surface area contributed by atoms with Gasteiger partial charge in [0.25, 0.3) is 0 Å². The Labute approximate surface area is 135 Å². The smallest absolute Gasteiger partial charge is 0.352 e. The average Bonchev–Trinajstić information content (AvgIpc) is 2.53. The summed E-state index contributed by atoms with van der Waals surface area (Å²) in [6, 6.07) is 6.60. The summed E-state index contributed by atoms with van der Waals surface area (Å²) in [5.41, 5.74) is 0.705. The van der Waals surface area contributed by atoms with Crippen molar-refractivity contribution in [1.82, 2.24) is 0 Å². The molecule has 0 heterocycles. The standard InChI is InChI=1S/C17H20O6/c1-5-13(22-16(19)11(2)3)17(20)23-14-9-7-6-8-12(14)10-15(18)21-4/h6-9,13H,2,5,10H2,1,3-4H3. The average molecular weight is 320 g/mol. The molecule has 0 aromatic heterocycles. The lowest BCUT2D eigenvalue weighted by atomic mass is 10.1. The van der Waals surface area contributed by atoms with Crippen LogP contribution >= 0.6 is 0 Å². The fourth-order valence-corrected chi connectivity index (χ4v) is 1.68. The maximum atomic E-state index is 12.2. The number of ether oxygens (including phenoxy) is 3. The van der Waals surface area contributed by atoms with Gasteiger partial charge in [-0.05, 0) is 19.4 Å². The molecule has 0 saturated heterocycles.